The standard InChI is InChI=1S/C15H22N2O2/c1-19-14(12-6-3-2-4-7-12)15(18)17-13-8-5-10-16-11-9-13/h2-4,6-7,13-14,16H,5,8-11H2,1H3,(H,17,18). The van der Waals surface area contributed by atoms with Crippen LogP contribution in [0.4, 0.5) is 0 Å². The smallest absolute Gasteiger partial charge is 0.253 e. The lowest BCUT2D eigenvalue weighted by Crippen LogP contribution is -2.39. The Kier molecular flexibility index (Phi) is 5.36. The van der Waals surface area contributed by atoms with Crippen molar-refractivity contribution in [1.82, 2.24) is 10.6 Å². The molecule has 104 valence electrons. The van der Waals surface area contributed by atoms with Crippen LogP contribution in [0.5, 0.6) is 0 Å². The van der Waals surface area contributed by atoms with E-state index in [0.717, 1.165) is 37.9 Å². The van der Waals surface area contributed by atoms with E-state index in [0.29, 0.717) is 0 Å². The van der Waals surface area contributed by atoms with Crippen molar-refractivity contribution in [3.8, 4) is 0 Å². The third-order valence-corrected chi connectivity index (χ3v) is 3.50. The van der Waals surface area contributed by atoms with Crippen LogP contribution in [0.25, 0.3) is 0 Å². The topological polar surface area (TPSA) is 50.4 Å². The summed E-state index contributed by atoms with van der Waals surface area (Å²) < 4.78 is 5.34. The Morgan fingerprint density at radius 3 is 2.84 bits per heavy atom. The number of hydrogen-bond donors (Lipinski definition) is 2. The number of carbonyl (C=O) groups is 1. The van der Waals surface area contributed by atoms with Crippen LogP contribution in [-0.2, 0) is 9.53 Å². The zero-order chi connectivity index (χ0) is 13.5. The van der Waals surface area contributed by atoms with E-state index in [1.165, 1.54) is 0 Å². The first kappa shape index (κ1) is 14.0. The highest BCUT2D eigenvalue weighted by Gasteiger charge is 2.23. The predicted octanol–water partition coefficient (Wildman–Crippen LogP) is 1.63. The van der Waals surface area contributed by atoms with E-state index >= 15 is 0 Å². The van der Waals surface area contributed by atoms with Crippen molar-refractivity contribution >= 4 is 5.91 Å². The first-order valence-corrected chi connectivity index (χ1v) is 6.90. The lowest BCUT2D eigenvalue weighted by molar-refractivity contribution is -0.132. The van der Waals surface area contributed by atoms with Gasteiger partial charge in [0.25, 0.3) is 5.91 Å². The second-order valence-electron chi connectivity index (χ2n) is 4.91. The largest absolute Gasteiger partial charge is 0.367 e. The average Bonchev–Trinajstić information content (AvgIpc) is 2.69. The number of benzene rings is 1. The number of rotatable bonds is 4. The van der Waals surface area contributed by atoms with Crippen molar-refractivity contribution in [2.75, 3.05) is 20.2 Å². The van der Waals surface area contributed by atoms with Gasteiger partial charge < -0.3 is 15.4 Å². The lowest BCUT2D eigenvalue weighted by Gasteiger charge is -2.21. The van der Waals surface area contributed by atoms with Gasteiger partial charge in [-0.3, -0.25) is 4.79 Å². The quantitative estimate of drug-likeness (QED) is 0.867. The molecule has 1 aromatic carbocycles. The fraction of sp³-hybridized carbons (Fsp3) is 0.533. The van der Waals surface area contributed by atoms with E-state index in [4.69, 9.17) is 4.74 Å². The van der Waals surface area contributed by atoms with Crippen LogP contribution in [0.3, 0.4) is 0 Å². The molecule has 4 nitrogen and oxygen atoms in total. The second-order valence-corrected chi connectivity index (χ2v) is 4.91. The van der Waals surface area contributed by atoms with Gasteiger partial charge in [-0.25, -0.2) is 0 Å². The molecule has 2 rings (SSSR count). The van der Waals surface area contributed by atoms with Crippen LogP contribution in [0.15, 0.2) is 30.3 Å². The molecule has 1 heterocycles. The van der Waals surface area contributed by atoms with E-state index in [9.17, 15) is 4.79 Å². The van der Waals surface area contributed by atoms with Crippen LogP contribution in [0.1, 0.15) is 30.9 Å². The third kappa shape index (κ3) is 4.04. The predicted molar refractivity (Wildman–Crippen MR) is 74.8 cm³/mol. The minimum atomic E-state index is -0.516. The minimum Gasteiger partial charge on any atom is -0.367 e. The van der Waals surface area contributed by atoms with E-state index in [-0.39, 0.29) is 11.9 Å². The molecule has 2 N–H and O–H groups in total. The Morgan fingerprint density at radius 2 is 2.11 bits per heavy atom. The van der Waals surface area contributed by atoms with Crippen molar-refractivity contribution in [2.24, 2.45) is 0 Å². The maximum atomic E-state index is 12.3. The van der Waals surface area contributed by atoms with Gasteiger partial charge in [-0.2, -0.15) is 0 Å². The van der Waals surface area contributed by atoms with Crippen LogP contribution in [0.2, 0.25) is 0 Å². The molecule has 1 fully saturated rings. The molecule has 0 aliphatic carbocycles. The summed E-state index contributed by atoms with van der Waals surface area (Å²) in [6.07, 6.45) is 2.60. The Hall–Kier alpha value is -1.39. The summed E-state index contributed by atoms with van der Waals surface area (Å²) in [5, 5.41) is 6.45. The molecule has 0 spiro atoms. The normalized spacial score (nSPS) is 21.4. The van der Waals surface area contributed by atoms with Gasteiger partial charge in [0, 0.05) is 13.2 Å². The second kappa shape index (κ2) is 7.26. The Labute approximate surface area is 114 Å². The average molecular weight is 262 g/mol. The summed E-state index contributed by atoms with van der Waals surface area (Å²) in [6, 6.07) is 9.87. The number of ether oxygens (including phenoxy) is 1. The Balaban J connectivity index is 1.96. The first-order valence-electron chi connectivity index (χ1n) is 6.90. The molecule has 0 bridgehead atoms. The maximum Gasteiger partial charge on any atom is 0.253 e. The number of methoxy groups -OCH3 is 1. The first-order chi connectivity index (χ1) is 9.31. The number of nitrogens with one attached hydrogen (secondary N) is 2. The summed E-state index contributed by atoms with van der Waals surface area (Å²) in [7, 11) is 1.58. The monoisotopic (exact) mass is 262 g/mol. The SMILES string of the molecule is COC(C(=O)NC1CCCNCC1)c1ccccc1. The number of hydrogen-bond acceptors (Lipinski definition) is 3. The van der Waals surface area contributed by atoms with Gasteiger partial charge >= 0.3 is 0 Å². The van der Waals surface area contributed by atoms with Crippen LogP contribution < -0.4 is 10.6 Å². The van der Waals surface area contributed by atoms with Crippen LogP contribution >= 0.6 is 0 Å². The molecule has 4 heteroatoms. The third-order valence-electron chi connectivity index (χ3n) is 3.50. The molecule has 2 atom stereocenters. The van der Waals surface area contributed by atoms with Crippen molar-refractivity contribution in [1.29, 1.82) is 0 Å². The molecule has 1 saturated heterocycles. The summed E-state index contributed by atoms with van der Waals surface area (Å²) in [5.41, 5.74) is 0.897. The number of carbonyl (C=O) groups excluding carboxylic acids is 1. The minimum absolute atomic E-state index is 0.0411. The fourth-order valence-electron chi connectivity index (χ4n) is 2.46. The fourth-order valence-corrected chi connectivity index (χ4v) is 2.46. The van der Waals surface area contributed by atoms with E-state index in [1.807, 2.05) is 30.3 Å². The van der Waals surface area contributed by atoms with Gasteiger partial charge in [0.1, 0.15) is 0 Å². The molecule has 1 aliphatic rings. The Bertz CT molecular complexity index is 386. The van der Waals surface area contributed by atoms with Crippen LogP contribution in [-0.4, -0.2) is 32.1 Å². The highest BCUT2D eigenvalue weighted by Crippen LogP contribution is 2.17. The van der Waals surface area contributed by atoms with Gasteiger partial charge in [0.05, 0.1) is 0 Å². The summed E-state index contributed by atoms with van der Waals surface area (Å²) in [6.45, 7) is 2.01. The zero-order valence-corrected chi connectivity index (χ0v) is 11.4. The molecule has 1 aliphatic heterocycles. The van der Waals surface area contributed by atoms with Crippen molar-refractivity contribution < 1.29 is 9.53 Å². The van der Waals surface area contributed by atoms with Gasteiger partial charge in [0.15, 0.2) is 6.10 Å². The summed E-state index contributed by atoms with van der Waals surface area (Å²) >= 11 is 0. The van der Waals surface area contributed by atoms with Gasteiger partial charge in [0.2, 0.25) is 0 Å². The molecule has 0 aromatic heterocycles. The molecule has 19 heavy (non-hydrogen) atoms. The molecular weight excluding hydrogens is 240 g/mol. The van der Waals surface area contributed by atoms with E-state index in [1.54, 1.807) is 7.11 Å². The highest BCUT2D eigenvalue weighted by atomic mass is 16.5. The molecule has 0 saturated carbocycles. The number of amides is 1. The molecular formula is C15H22N2O2. The maximum absolute atomic E-state index is 12.3. The lowest BCUT2D eigenvalue weighted by atomic mass is 10.1. The van der Waals surface area contributed by atoms with E-state index < -0.39 is 6.10 Å². The van der Waals surface area contributed by atoms with E-state index in [2.05, 4.69) is 10.6 Å². The Morgan fingerprint density at radius 1 is 1.32 bits per heavy atom. The molecule has 1 aromatic rings. The van der Waals surface area contributed by atoms with Crippen molar-refractivity contribution in [3.63, 3.8) is 0 Å². The molecule has 2 unspecified atom stereocenters. The molecule has 1 amide bonds. The summed E-state index contributed by atoms with van der Waals surface area (Å²) in [4.78, 5) is 12.3. The van der Waals surface area contributed by atoms with Crippen molar-refractivity contribution in [2.45, 2.75) is 31.4 Å². The molecule has 0 radical (unpaired) electrons. The van der Waals surface area contributed by atoms with Crippen molar-refractivity contribution in [3.05, 3.63) is 35.9 Å². The van der Waals surface area contributed by atoms with Gasteiger partial charge in [-0.05, 0) is 37.9 Å². The zero-order valence-electron chi connectivity index (χ0n) is 11.4. The van der Waals surface area contributed by atoms with Crippen LogP contribution in [0, 0.1) is 0 Å². The highest BCUT2D eigenvalue weighted by molar-refractivity contribution is 5.82. The van der Waals surface area contributed by atoms with Gasteiger partial charge in [-0.15, -0.1) is 0 Å². The summed E-state index contributed by atoms with van der Waals surface area (Å²) in [5.74, 6) is -0.0411. The van der Waals surface area contributed by atoms with Gasteiger partial charge in [-0.1, -0.05) is 30.3 Å².